The Kier molecular flexibility index (Phi) is 8.39. The van der Waals surface area contributed by atoms with Crippen LogP contribution in [-0.2, 0) is 33.7 Å². The van der Waals surface area contributed by atoms with E-state index in [2.05, 4.69) is 65.6 Å². The highest BCUT2D eigenvalue weighted by atomic mass is 16.5. The van der Waals surface area contributed by atoms with Gasteiger partial charge >= 0.3 is 5.97 Å². The van der Waals surface area contributed by atoms with Crippen molar-refractivity contribution in [3.63, 3.8) is 0 Å². The largest absolute Gasteiger partial charge is 0.496 e. The van der Waals surface area contributed by atoms with Gasteiger partial charge in [-0.1, -0.05) is 84.9 Å². The number of rotatable bonds is 11. The summed E-state index contributed by atoms with van der Waals surface area (Å²) in [6, 6.07) is 34.7. The molecule has 5 rings (SSSR count). The first kappa shape index (κ1) is 26.3. The Bertz CT molecular complexity index is 1430. The van der Waals surface area contributed by atoms with Crippen LogP contribution in [0.1, 0.15) is 34.2 Å². The van der Waals surface area contributed by atoms with Crippen LogP contribution in [0.2, 0.25) is 0 Å². The monoisotopic (exact) mass is 519 g/mol. The van der Waals surface area contributed by atoms with Crippen LogP contribution in [0.5, 0.6) is 0 Å². The normalized spacial score (nSPS) is 13.1. The van der Waals surface area contributed by atoms with Crippen LogP contribution < -0.4 is 4.90 Å². The molecule has 0 saturated carbocycles. The Morgan fingerprint density at radius 3 is 2.21 bits per heavy atom. The maximum atomic E-state index is 11.8. The number of fused-ring (bicyclic) bond motifs is 2. The molecule has 1 unspecified atom stereocenters. The van der Waals surface area contributed by atoms with Crippen molar-refractivity contribution in [2.75, 3.05) is 18.6 Å². The number of nitrogens with zero attached hydrogens (tertiary/aromatic N) is 1. The number of carboxylic acids is 1. The van der Waals surface area contributed by atoms with Gasteiger partial charge in [-0.3, -0.25) is 0 Å². The lowest BCUT2D eigenvalue weighted by atomic mass is 10.0. The fourth-order valence-corrected chi connectivity index (χ4v) is 5.02. The first-order chi connectivity index (χ1) is 19.1. The topological polar surface area (TPSA) is 59.0 Å². The molecule has 4 aromatic rings. The summed E-state index contributed by atoms with van der Waals surface area (Å²) in [4.78, 5) is 14.2. The fourth-order valence-electron chi connectivity index (χ4n) is 5.02. The molecular formula is C34H33NO4. The number of aliphatic carboxylic acids is 1. The Morgan fingerprint density at radius 1 is 0.795 bits per heavy atom. The summed E-state index contributed by atoms with van der Waals surface area (Å²) in [6.07, 6.45) is 3.44. The molecule has 39 heavy (non-hydrogen) atoms. The van der Waals surface area contributed by atoms with E-state index in [4.69, 9.17) is 9.47 Å². The molecule has 0 aliphatic carbocycles. The zero-order valence-corrected chi connectivity index (χ0v) is 22.1. The first-order valence-electron chi connectivity index (χ1n) is 13.3. The lowest BCUT2D eigenvalue weighted by Crippen LogP contribution is -2.26. The molecule has 0 spiro atoms. The first-order valence-corrected chi connectivity index (χ1v) is 13.3. The van der Waals surface area contributed by atoms with Gasteiger partial charge in [-0.2, -0.15) is 0 Å². The van der Waals surface area contributed by atoms with E-state index in [0.717, 1.165) is 53.1 Å². The van der Waals surface area contributed by atoms with Crippen LogP contribution >= 0.6 is 0 Å². The van der Waals surface area contributed by atoms with E-state index < -0.39 is 12.1 Å². The highest BCUT2D eigenvalue weighted by molar-refractivity contribution is 5.92. The van der Waals surface area contributed by atoms with Crippen LogP contribution in [0.3, 0.4) is 0 Å². The zero-order valence-electron chi connectivity index (χ0n) is 22.1. The van der Waals surface area contributed by atoms with Gasteiger partial charge in [-0.25, -0.2) is 4.79 Å². The van der Waals surface area contributed by atoms with Crippen LogP contribution in [0.4, 0.5) is 11.4 Å². The van der Waals surface area contributed by atoms with Crippen molar-refractivity contribution in [1.29, 1.82) is 0 Å². The number of methoxy groups -OCH3 is 1. The molecule has 0 amide bonds. The molecule has 1 heterocycles. The summed E-state index contributed by atoms with van der Waals surface area (Å²) in [5.74, 6) is -0.0808. The predicted octanol–water partition coefficient (Wildman–Crippen LogP) is 7.13. The number of hydrogen-bond donors (Lipinski definition) is 1. The van der Waals surface area contributed by atoms with Crippen LogP contribution in [0.25, 0.3) is 11.8 Å². The average Bonchev–Trinajstić information content (AvgIpc) is 3.11. The van der Waals surface area contributed by atoms with Gasteiger partial charge in [0.25, 0.3) is 0 Å². The highest BCUT2D eigenvalue weighted by Crippen LogP contribution is 2.39. The molecule has 5 nitrogen and oxygen atoms in total. The van der Waals surface area contributed by atoms with Crippen LogP contribution in [-0.4, -0.2) is 30.8 Å². The summed E-state index contributed by atoms with van der Waals surface area (Å²) in [7, 11) is 1.72. The van der Waals surface area contributed by atoms with E-state index in [-0.39, 0.29) is 6.61 Å². The lowest BCUT2D eigenvalue weighted by Gasteiger charge is -2.27. The SMILES string of the molecule is COC1=Cc2ccccc2N(CCCc2ccc(CC(OCc3ccccc3)C(=O)O)cc2)c2ccccc21. The number of para-hydroxylation sites is 2. The molecule has 0 aromatic heterocycles. The number of carbonyl (C=O) groups is 1. The van der Waals surface area contributed by atoms with E-state index in [1.54, 1.807) is 7.11 Å². The van der Waals surface area contributed by atoms with Gasteiger partial charge in [0.2, 0.25) is 0 Å². The van der Waals surface area contributed by atoms with Crippen molar-refractivity contribution >= 4 is 29.2 Å². The fraction of sp³-hybridized carbons (Fsp3) is 0.206. The molecule has 4 aromatic carbocycles. The third-order valence-corrected chi connectivity index (χ3v) is 7.06. The molecule has 0 bridgehead atoms. The van der Waals surface area contributed by atoms with Gasteiger partial charge in [0, 0.05) is 29.8 Å². The minimum Gasteiger partial charge on any atom is -0.496 e. The summed E-state index contributed by atoms with van der Waals surface area (Å²) >= 11 is 0. The molecule has 0 saturated heterocycles. The third-order valence-electron chi connectivity index (χ3n) is 7.06. The van der Waals surface area contributed by atoms with Gasteiger partial charge in [-0.15, -0.1) is 0 Å². The summed E-state index contributed by atoms with van der Waals surface area (Å²) < 4.78 is 11.5. The summed E-state index contributed by atoms with van der Waals surface area (Å²) in [6.45, 7) is 1.13. The van der Waals surface area contributed by atoms with E-state index in [9.17, 15) is 9.90 Å². The Labute approximate surface area is 229 Å². The second-order valence-electron chi connectivity index (χ2n) is 9.69. The smallest absolute Gasteiger partial charge is 0.333 e. The maximum absolute atomic E-state index is 11.8. The number of anilines is 2. The molecule has 0 radical (unpaired) electrons. The molecule has 0 fully saturated rings. The van der Waals surface area contributed by atoms with Crippen LogP contribution in [0, 0.1) is 0 Å². The molecule has 198 valence electrons. The summed E-state index contributed by atoms with van der Waals surface area (Å²) in [5.41, 5.74) is 7.67. The maximum Gasteiger partial charge on any atom is 0.333 e. The van der Waals surface area contributed by atoms with Crippen molar-refractivity contribution in [2.24, 2.45) is 0 Å². The van der Waals surface area contributed by atoms with Gasteiger partial charge in [-0.05, 0) is 53.8 Å². The van der Waals surface area contributed by atoms with E-state index in [0.29, 0.717) is 6.42 Å². The quantitative estimate of drug-likeness (QED) is 0.228. The number of ether oxygens (including phenoxy) is 2. The second kappa shape index (κ2) is 12.5. The molecule has 5 heteroatoms. The van der Waals surface area contributed by atoms with Gasteiger partial charge in [0.15, 0.2) is 6.10 Å². The number of hydrogen-bond acceptors (Lipinski definition) is 4. The second-order valence-corrected chi connectivity index (χ2v) is 9.69. The summed E-state index contributed by atoms with van der Waals surface area (Å²) in [5, 5.41) is 9.66. The minimum atomic E-state index is -0.945. The average molecular weight is 520 g/mol. The third kappa shape index (κ3) is 6.39. The Hall–Kier alpha value is -4.35. The van der Waals surface area contributed by atoms with Crippen LogP contribution in [0.15, 0.2) is 103 Å². The van der Waals surface area contributed by atoms with Crippen molar-refractivity contribution < 1.29 is 19.4 Å². The number of carboxylic acid groups (broad SMARTS) is 1. The number of aryl methyl sites for hydroxylation is 1. The number of benzene rings is 4. The molecular weight excluding hydrogens is 486 g/mol. The zero-order chi connectivity index (χ0) is 27.0. The molecule has 1 aliphatic rings. The van der Waals surface area contributed by atoms with Crippen molar-refractivity contribution in [2.45, 2.75) is 32.0 Å². The van der Waals surface area contributed by atoms with Crippen molar-refractivity contribution in [3.8, 4) is 0 Å². The standard InChI is InChI=1S/C34H33NO4/c1-38-32-23-28-13-5-7-15-30(28)35(31-16-8-6-14-29(31)32)21-9-12-25-17-19-26(20-18-25)22-33(34(36)37)39-24-27-10-3-2-4-11-27/h2-8,10-11,13-20,23,33H,9,12,21-22,24H2,1H3,(H,36,37). The molecule has 1 N–H and O–H groups in total. The van der Waals surface area contributed by atoms with Gasteiger partial charge < -0.3 is 19.5 Å². The van der Waals surface area contributed by atoms with Gasteiger partial charge in [0.1, 0.15) is 5.76 Å². The molecule has 1 atom stereocenters. The minimum absolute atomic E-state index is 0.278. The van der Waals surface area contributed by atoms with Crippen molar-refractivity contribution in [1.82, 2.24) is 0 Å². The van der Waals surface area contributed by atoms with E-state index >= 15 is 0 Å². The Morgan fingerprint density at radius 2 is 1.46 bits per heavy atom. The van der Waals surface area contributed by atoms with Crippen molar-refractivity contribution in [3.05, 3.63) is 131 Å². The van der Waals surface area contributed by atoms with E-state index in [1.165, 1.54) is 11.3 Å². The molecule has 1 aliphatic heterocycles. The highest BCUT2D eigenvalue weighted by Gasteiger charge is 2.22. The van der Waals surface area contributed by atoms with Gasteiger partial charge in [0.05, 0.1) is 19.4 Å². The Balaban J connectivity index is 1.23. The predicted molar refractivity (Wildman–Crippen MR) is 156 cm³/mol. The van der Waals surface area contributed by atoms with E-state index in [1.807, 2.05) is 48.5 Å². The lowest BCUT2D eigenvalue weighted by molar-refractivity contribution is -0.151.